The Morgan fingerprint density at radius 1 is 0.417 bits per heavy atom. The van der Waals surface area contributed by atoms with Gasteiger partial charge in [-0.15, -0.1) is 0 Å². The van der Waals surface area contributed by atoms with Gasteiger partial charge in [0.25, 0.3) is 0 Å². The highest BCUT2D eigenvalue weighted by atomic mass is 79.9. The summed E-state index contributed by atoms with van der Waals surface area (Å²) in [6.07, 6.45) is 0. The molecule has 0 saturated carbocycles. The Balaban J connectivity index is 1.20. The van der Waals surface area contributed by atoms with E-state index in [1.54, 1.807) is 0 Å². The Hall–Kier alpha value is -4.12. The van der Waals surface area contributed by atoms with E-state index in [0.29, 0.717) is 0 Å². The zero-order valence-corrected chi connectivity index (χ0v) is 31.4. The van der Waals surface area contributed by atoms with Gasteiger partial charge in [0, 0.05) is 41.9 Å². The molecule has 0 aliphatic heterocycles. The Morgan fingerprint density at radius 2 is 0.792 bits per heavy atom. The number of rotatable bonds is 3. The van der Waals surface area contributed by atoms with Gasteiger partial charge in [-0.1, -0.05) is 102 Å². The van der Waals surface area contributed by atoms with E-state index in [4.69, 9.17) is 0 Å². The van der Waals surface area contributed by atoms with Crippen molar-refractivity contribution in [3.63, 3.8) is 0 Å². The Labute approximate surface area is 299 Å². The van der Waals surface area contributed by atoms with Crippen LogP contribution in [0.3, 0.4) is 0 Å². The number of aromatic nitrogens is 2. The average molecular weight is 755 g/mol. The van der Waals surface area contributed by atoms with Gasteiger partial charge in [-0.25, -0.2) is 0 Å². The fourth-order valence-electron chi connectivity index (χ4n) is 7.13. The fraction of sp³-hybridized carbons (Fsp3) is 0.182. The van der Waals surface area contributed by atoms with Crippen LogP contribution in [0.1, 0.15) is 52.7 Å². The number of fused-ring (bicyclic) bond motifs is 6. The second-order valence-electron chi connectivity index (χ2n) is 15.0. The van der Waals surface area contributed by atoms with Gasteiger partial charge >= 0.3 is 0 Å². The summed E-state index contributed by atoms with van der Waals surface area (Å²) in [4.78, 5) is 0. The second kappa shape index (κ2) is 11.2. The van der Waals surface area contributed by atoms with Crippen molar-refractivity contribution in [2.45, 2.75) is 52.4 Å². The second-order valence-corrected chi connectivity index (χ2v) is 16.7. The lowest BCUT2D eigenvalue weighted by Gasteiger charge is -2.19. The van der Waals surface area contributed by atoms with Crippen molar-refractivity contribution in [2.24, 2.45) is 0 Å². The molecule has 8 rings (SSSR count). The standard InChI is InChI=1S/C44H38Br2N2/c1-43(2,3)29-17-23-39-35(25-29)33-9-7-11-37(45)41(33)47(39)31-19-13-27(14-20-31)28-15-21-32(22-16-28)48-40-24-18-30(44(4,5)6)26-36(40)34-10-8-12-38(46)42(34)48/h7-26H,1-6H3. The molecule has 0 aliphatic carbocycles. The summed E-state index contributed by atoms with van der Waals surface area (Å²) in [5.74, 6) is 0. The first-order chi connectivity index (χ1) is 22.9. The Morgan fingerprint density at radius 3 is 1.15 bits per heavy atom. The van der Waals surface area contributed by atoms with Crippen molar-refractivity contribution < 1.29 is 0 Å². The van der Waals surface area contributed by atoms with Gasteiger partial charge in [0.05, 0.1) is 22.1 Å². The summed E-state index contributed by atoms with van der Waals surface area (Å²) in [7, 11) is 0. The van der Waals surface area contributed by atoms with E-state index < -0.39 is 0 Å². The molecule has 0 bridgehead atoms. The topological polar surface area (TPSA) is 9.86 Å². The van der Waals surface area contributed by atoms with E-state index in [1.807, 2.05) is 0 Å². The monoisotopic (exact) mass is 752 g/mol. The van der Waals surface area contributed by atoms with Crippen LogP contribution in [-0.2, 0) is 10.8 Å². The van der Waals surface area contributed by atoms with E-state index in [-0.39, 0.29) is 10.8 Å². The maximum absolute atomic E-state index is 3.88. The van der Waals surface area contributed by atoms with Crippen LogP contribution in [0.15, 0.2) is 130 Å². The normalized spacial score (nSPS) is 12.6. The molecule has 6 aromatic carbocycles. The molecule has 4 heteroatoms. The maximum Gasteiger partial charge on any atom is 0.0683 e. The number of para-hydroxylation sites is 2. The van der Waals surface area contributed by atoms with E-state index in [0.717, 1.165) is 20.3 Å². The first kappa shape index (κ1) is 31.2. The van der Waals surface area contributed by atoms with Crippen LogP contribution in [0.25, 0.3) is 66.1 Å². The minimum absolute atomic E-state index is 0.0830. The SMILES string of the molecule is CC(C)(C)c1ccc2c(c1)c1cccc(Br)c1n2-c1ccc(-c2ccc(-n3c4ccc(C(C)(C)C)cc4c4cccc(Br)c43)cc2)cc1. The van der Waals surface area contributed by atoms with Gasteiger partial charge in [-0.2, -0.15) is 0 Å². The van der Waals surface area contributed by atoms with E-state index in [1.165, 1.54) is 65.9 Å². The van der Waals surface area contributed by atoms with E-state index in [9.17, 15) is 0 Å². The highest BCUT2D eigenvalue weighted by Crippen LogP contribution is 2.40. The fourth-order valence-corrected chi connectivity index (χ4v) is 8.22. The first-order valence-electron chi connectivity index (χ1n) is 16.6. The predicted molar refractivity (Wildman–Crippen MR) is 213 cm³/mol. The number of hydrogen-bond acceptors (Lipinski definition) is 0. The molecule has 0 N–H and O–H groups in total. The molecule has 0 radical (unpaired) electrons. The Bertz CT molecular complexity index is 2340. The lowest BCUT2D eigenvalue weighted by Crippen LogP contribution is -2.10. The molecule has 0 spiro atoms. The molecular weight excluding hydrogens is 716 g/mol. The van der Waals surface area contributed by atoms with Crippen molar-refractivity contribution >= 4 is 75.5 Å². The third-order valence-corrected chi connectivity index (χ3v) is 11.1. The van der Waals surface area contributed by atoms with Crippen LogP contribution in [-0.4, -0.2) is 9.13 Å². The van der Waals surface area contributed by atoms with Crippen LogP contribution >= 0.6 is 31.9 Å². The molecule has 0 amide bonds. The Kier molecular flexibility index (Phi) is 7.28. The zero-order chi connectivity index (χ0) is 33.5. The smallest absolute Gasteiger partial charge is 0.0683 e. The molecule has 0 fully saturated rings. The maximum atomic E-state index is 3.88. The lowest BCUT2D eigenvalue weighted by molar-refractivity contribution is 0.591. The van der Waals surface area contributed by atoms with Gasteiger partial charge in [0.2, 0.25) is 0 Å². The largest absolute Gasteiger partial charge is 0.308 e. The minimum Gasteiger partial charge on any atom is -0.308 e. The third kappa shape index (κ3) is 5.04. The van der Waals surface area contributed by atoms with Gasteiger partial charge < -0.3 is 9.13 Å². The number of halogens is 2. The van der Waals surface area contributed by atoms with Gasteiger partial charge in [-0.3, -0.25) is 0 Å². The molecule has 238 valence electrons. The van der Waals surface area contributed by atoms with Crippen molar-refractivity contribution in [3.8, 4) is 22.5 Å². The van der Waals surface area contributed by atoms with Crippen LogP contribution in [0.4, 0.5) is 0 Å². The number of benzene rings is 6. The quantitative estimate of drug-likeness (QED) is 0.170. The van der Waals surface area contributed by atoms with Crippen LogP contribution < -0.4 is 0 Å². The van der Waals surface area contributed by atoms with Crippen molar-refractivity contribution in [1.29, 1.82) is 0 Å². The predicted octanol–water partition coefficient (Wildman–Crippen LogP) is 13.7. The van der Waals surface area contributed by atoms with Gasteiger partial charge in [0.15, 0.2) is 0 Å². The van der Waals surface area contributed by atoms with Crippen molar-refractivity contribution in [2.75, 3.05) is 0 Å². The first-order valence-corrected chi connectivity index (χ1v) is 18.2. The molecule has 0 unspecified atom stereocenters. The van der Waals surface area contributed by atoms with Gasteiger partial charge in [-0.05, 0) is 126 Å². The summed E-state index contributed by atoms with van der Waals surface area (Å²) in [5, 5.41) is 5.09. The van der Waals surface area contributed by atoms with Crippen LogP contribution in [0.5, 0.6) is 0 Å². The summed E-state index contributed by atoms with van der Waals surface area (Å²) in [6, 6.07) is 44.8. The summed E-state index contributed by atoms with van der Waals surface area (Å²) in [5.41, 5.74) is 12.4. The molecule has 48 heavy (non-hydrogen) atoms. The summed E-state index contributed by atoms with van der Waals surface area (Å²) >= 11 is 7.75. The van der Waals surface area contributed by atoms with Crippen molar-refractivity contribution in [3.05, 3.63) is 141 Å². The van der Waals surface area contributed by atoms with E-state index >= 15 is 0 Å². The molecule has 2 nitrogen and oxygen atoms in total. The average Bonchev–Trinajstić information content (AvgIpc) is 3.58. The molecule has 8 aromatic rings. The molecule has 0 atom stereocenters. The number of hydrogen-bond donors (Lipinski definition) is 0. The highest BCUT2D eigenvalue weighted by molar-refractivity contribution is 9.11. The number of nitrogens with zero attached hydrogens (tertiary/aromatic N) is 2. The zero-order valence-electron chi connectivity index (χ0n) is 28.2. The van der Waals surface area contributed by atoms with E-state index in [2.05, 4.69) is 204 Å². The molecule has 0 saturated heterocycles. The molecule has 2 heterocycles. The molecular formula is C44H38Br2N2. The summed E-state index contributed by atoms with van der Waals surface area (Å²) < 4.78 is 6.97. The molecule has 0 aliphatic rings. The minimum atomic E-state index is 0.0830. The van der Waals surface area contributed by atoms with Crippen LogP contribution in [0, 0.1) is 0 Å². The van der Waals surface area contributed by atoms with Gasteiger partial charge in [0.1, 0.15) is 0 Å². The lowest BCUT2D eigenvalue weighted by atomic mass is 9.86. The highest BCUT2D eigenvalue weighted by Gasteiger charge is 2.21. The summed E-state index contributed by atoms with van der Waals surface area (Å²) in [6.45, 7) is 13.7. The van der Waals surface area contributed by atoms with Crippen LogP contribution in [0.2, 0.25) is 0 Å². The third-order valence-electron chi connectivity index (χ3n) is 9.79. The molecule has 2 aromatic heterocycles. The van der Waals surface area contributed by atoms with Crippen molar-refractivity contribution in [1.82, 2.24) is 9.13 Å².